The number of rotatable bonds is 3. The van der Waals surface area contributed by atoms with Crippen LogP contribution in [0.15, 0.2) is 0 Å². The minimum absolute atomic E-state index is 0.0484. The van der Waals surface area contributed by atoms with E-state index in [1.54, 1.807) is 4.90 Å². The molecule has 120 valence electrons. The van der Waals surface area contributed by atoms with Gasteiger partial charge in [-0.05, 0) is 12.8 Å². The molecule has 1 saturated heterocycles. The van der Waals surface area contributed by atoms with Crippen LogP contribution in [0, 0.1) is 0 Å². The summed E-state index contributed by atoms with van der Waals surface area (Å²) in [6, 6.07) is 0.192. The van der Waals surface area contributed by atoms with Crippen molar-refractivity contribution >= 4 is 12.0 Å². The zero-order valence-corrected chi connectivity index (χ0v) is 12.6. The quantitative estimate of drug-likeness (QED) is 0.835. The maximum atomic E-state index is 12.3. The smallest absolute Gasteiger partial charge is 0.317 e. The van der Waals surface area contributed by atoms with Crippen LogP contribution < -0.4 is 5.32 Å². The standard InChI is InChI=1S/C15H26N2O4/c18-14(19)10-13-11-17(8-9-21-13)15(20)16-12-6-4-2-1-3-5-7-12/h12-13H,1-11H2,(H,16,20)(H,18,19). The summed E-state index contributed by atoms with van der Waals surface area (Å²) >= 11 is 0. The van der Waals surface area contributed by atoms with E-state index in [2.05, 4.69) is 5.32 Å². The predicted octanol–water partition coefficient (Wildman–Crippen LogP) is 1.98. The second-order valence-corrected chi connectivity index (χ2v) is 6.03. The van der Waals surface area contributed by atoms with E-state index in [0.717, 1.165) is 12.8 Å². The largest absolute Gasteiger partial charge is 0.481 e. The van der Waals surface area contributed by atoms with E-state index in [4.69, 9.17) is 9.84 Å². The minimum atomic E-state index is -0.887. The van der Waals surface area contributed by atoms with E-state index in [1.165, 1.54) is 32.1 Å². The topological polar surface area (TPSA) is 78.9 Å². The monoisotopic (exact) mass is 298 g/mol. The number of aliphatic carboxylic acids is 1. The number of nitrogens with one attached hydrogen (secondary N) is 1. The van der Waals surface area contributed by atoms with Crippen molar-refractivity contribution in [3.8, 4) is 0 Å². The molecule has 2 rings (SSSR count). The molecule has 1 atom stereocenters. The van der Waals surface area contributed by atoms with E-state index in [1.807, 2.05) is 0 Å². The molecule has 0 bridgehead atoms. The maximum absolute atomic E-state index is 12.3. The molecule has 1 unspecified atom stereocenters. The van der Waals surface area contributed by atoms with Gasteiger partial charge in [-0.15, -0.1) is 0 Å². The van der Waals surface area contributed by atoms with Crippen molar-refractivity contribution in [1.29, 1.82) is 0 Å². The average Bonchev–Trinajstić information content (AvgIpc) is 2.41. The molecule has 1 saturated carbocycles. The summed E-state index contributed by atoms with van der Waals surface area (Å²) < 4.78 is 5.39. The molecule has 2 aliphatic rings. The van der Waals surface area contributed by atoms with Gasteiger partial charge in [0.2, 0.25) is 0 Å². The summed E-state index contributed by atoms with van der Waals surface area (Å²) in [5, 5.41) is 11.9. The minimum Gasteiger partial charge on any atom is -0.481 e. The van der Waals surface area contributed by atoms with Crippen LogP contribution >= 0.6 is 0 Å². The van der Waals surface area contributed by atoms with Crippen molar-refractivity contribution in [3.63, 3.8) is 0 Å². The molecule has 6 nitrogen and oxygen atoms in total. The summed E-state index contributed by atoms with van der Waals surface area (Å²) in [6.45, 7) is 1.32. The van der Waals surface area contributed by atoms with Gasteiger partial charge >= 0.3 is 12.0 Å². The lowest BCUT2D eigenvalue weighted by Gasteiger charge is -2.33. The summed E-state index contributed by atoms with van der Waals surface area (Å²) in [7, 11) is 0. The maximum Gasteiger partial charge on any atom is 0.317 e. The third-order valence-electron chi connectivity index (χ3n) is 4.26. The molecular weight excluding hydrogens is 272 g/mol. The molecule has 0 spiro atoms. The lowest BCUT2D eigenvalue weighted by molar-refractivity contribution is -0.141. The Hall–Kier alpha value is -1.30. The van der Waals surface area contributed by atoms with Crippen LogP contribution in [0.2, 0.25) is 0 Å². The van der Waals surface area contributed by atoms with E-state index >= 15 is 0 Å². The SMILES string of the molecule is O=C(O)CC1CN(C(=O)NC2CCCCCCC2)CCO1. The number of hydrogen-bond donors (Lipinski definition) is 2. The molecule has 1 aliphatic heterocycles. The number of carbonyl (C=O) groups excluding carboxylic acids is 1. The zero-order chi connectivity index (χ0) is 15.1. The lowest BCUT2D eigenvalue weighted by atomic mass is 9.97. The van der Waals surface area contributed by atoms with Gasteiger partial charge in [0.25, 0.3) is 0 Å². The summed E-state index contributed by atoms with van der Waals surface area (Å²) in [5.41, 5.74) is 0. The van der Waals surface area contributed by atoms with E-state index in [9.17, 15) is 9.59 Å². The first-order valence-corrected chi connectivity index (χ1v) is 8.04. The molecular formula is C15H26N2O4. The highest BCUT2D eigenvalue weighted by atomic mass is 16.5. The number of carboxylic acid groups (broad SMARTS) is 1. The van der Waals surface area contributed by atoms with Gasteiger partial charge in [-0.1, -0.05) is 32.1 Å². The Kier molecular flexibility index (Phi) is 6.29. The number of urea groups is 1. The molecule has 0 radical (unpaired) electrons. The first kappa shape index (κ1) is 16.1. The number of nitrogens with zero attached hydrogens (tertiary/aromatic N) is 1. The molecule has 6 heteroatoms. The number of hydrogen-bond acceptors (Lipinski definition) is 3. The van der Waals surface area contributed by atoms with Crippen molar-refractivity contribution in [3.05, 3.63) is 0 Å². The third-order valence-corrected chi connectivity index (χ3v) is 4.26. The van der Waals surface area contributed by atoms with Crippen molar-refractivity contribution in [2.45, 2.75) is 63.5 Å². The van der Waals surface area contributed by atoms with Gasteiger partial charge in [0.05, 0.1) is 19.1 Å². The van der Waals surface area contributed by atoms with Gasteiger partial charge in [-0.25, -0.2) is 4.79 Å². The molecule has 1 aliphatic carbocycles. The fourth-order valence-electron chi connectivity index (χ4n) is 3.09. The lowest BCUT2D eigenvalue weighted by Crippen LogP contribution is -2.52. The van der Waals surface area contributed by atoms with Gasteiger partial charge < -0.3 is 20.1 Å². The van der Waals surface area contributed by atoms with Crippen LogP contribution in [0.1, 0.15) is 51.4 Å². The summed E-state index contributed by atoms with van der Waals surface area (Å²) in [6.07, 6.45) is 7.83. The number of carbonyl (C=O) groups is 2. The first-order chi connectivity index (χ1) is 10.1. The highest BCUT2D eigenvalue weighted by molar-refractivity contribution is 5.75. The van der Waals surface area contributed by atoms with Gasteiger partial charge in [0.1, 0.15) is 0 Å². The Morgan fingerprint density at radius 1 is 1.14 bits per heavy atom. The third kappa shape index (κ3) is 5.53. The molecule has 1 heterocycles. The average molecular weight is 298 g/mol. The molecule has 0 aromatic carbocycles. The normalized spacial score (nSPS) is 25.0. The van der Waals surface area contributed by atoms with Crippen molar-refractivity contribution < 1.29 is 19.4 Å². The molecule has 2 amide bonds. The Balaban J connectivity index is 1.79. The van der Waals surface area contributed by atoms with Gasteiger partial charge in [-0.2, -0.15) is 0 Å². The van der Waals surface area contributed by atoms with Crippen LogP contribution in [-0.4, -0.2) is 53.8 Å². The van der Waals surface area contributed by atoms with Crippen molar-refractivity contribution in [2.75, 3.05) is 19.7 Å². The number of carboxylic acids is 1. The molecule has 2 fully saturated rings. The first-order valence-electron chi connectivity index (χ1n) is 8.04. The highest BCUT2D eigenvalue weighted by Crippen LogP contribution is 2.17. The molecule has 0 aromatic rings. The Bertz CT molecular complexity index is 354. The van der Waals surface area contributed by atoms with E-state index in [-0.39, 0.29) is 24.6 Å². The Morgan fingerprint density at radius 2 is 1.81 bits per heavy atom. The fourth-order valence-corrected chi connectivity index (χ4v) is 3.09. The highest BCUT2D eigenvalue weighted by Gasteiger charge is 2.27. The van der Waals surface area contributed by atoms with Crippen LogP contribution in [0.5, 0.6) is 0 Å². The summed E-state index contributed by atoms with van der Waals surface area (Å²) in [5.74, 6) is -0.887. The number of ether oxygens (including phenoxy) is 1. The Morgan fingerprint density at radius 3 is 2.48 bits per heavy atom. The van der Waals surface area contributed by atoms with Crippen LogP contribution in [0.3, 0.4) is 0 Å². The Labute approximate surface area is 125 Å². The fraction of sp³-hybridized carbons (Fsp3) is 0.867. The second kappa shape index (κ2) is 8.22. The second-order valence-electron chi connectivity index (χ2n) is 6.03. The molecule has 0 aromatic heterocycles. The van der Waals surface area contributed by atoms with Gasteiger partial charge in [-0.3, -0.25) is 4.79 Å². The van der Waals surface area contributed by atoms with Gasteiger partial charge in [0, 0.05) is 19.1 Å². The van der Waals surface area contributed by atoms with Crippen LogP contribution in [0.25, 0.3) is 0 Å². The van der Waals surface area contributed by atoms with Crippen LogP contribution in [-0.2, 0) is 9.53 Å². The number of amides is 2. The van der Waals surface area contributed by atoms with Crippen molar-refractivity contribution in [1.82, 2.24) is 10.2 Å². The van der Waals surface area contributed by atoms with Crippen molar-refractivity contribution in [2.24, 2.45) is 0 Å². The molecule has 21 heavy (non-hydrogen) atoms. The van der Waals surface area contributed by atoms with Crippen LogP contribution in [0.4, 0.5) is 4.79 Å². The zero-order valence-electron chi connectivity index (χ0n) is 12.6. The van der Waals surface area contributed by atoms with Gasteiger partial charge in [0.15, 0.2) is 0 Å². The number of morpholine rings is 1. The summed E-state index contributed by atoms with van der Waals surface area (Å²) in [4.78, 5) is 24.7. The van der Waals surface area contributed by atoms with E-state index < -0.39 is 5.97 Å². The molecule has 2 N–H and O–H groups in total. The predicted molar refractivity (Wildman–Crippen MR) is 78.2 cm³/mol. The van der Waals surface area contributed by atoms with E-state index in [0.29, 0.717) is 19.7 Å².